The minimum Gasteiger partial charge on any atom is -0.360 e. The normalized spacial score (nSPS) is 10.6. The van der Waals surface area contributed by atoms with Gasteiger partial charge in [-0.25, -0.2) is 8.78 Å². The topological polar surface area (TPSA) is 24.1 Å². The molecule has 5 heteroatoms. The third-order valence-electron chi connectivity index (χ3n) is 3.31. The van der Waals surface area contributed by atoms with Gasteiger partial charge >= 0.3 is 0 Å². The summed E-state index contributed by atoms with van der Waals surface area (Å²) in [6, 6.07) is 9.34. The molecular weight excluding hydrogens is 318 g/mol. The van der Waals surface area contributed by atoms with Crippen molar-refractivity contribution in [1.82, 2.24) is 5.32 Å². The van der Waals surface area contributed by atoms with E-state index in [-0.39, 0.29) is 0 Å². The maximum Gasteiger partial charge on any atom is 0.130 e. The van der Waals surface area contributed by atoms with E-state index in [9.17, 15) is 8.78 Å². The van der Waals surface area contributed by atoms with Crippen molar-refractivity contribution in [2.45, 2.75) is 19.9 Å². The molecule has 2 aromatic rings. The number of hydrogen-bond donors (Lipinski definition) is 2. The van der Waals surface area contributed by atoms with Crippen LogP contribution in [0.25, 0.3) is 0 Å². The SMILES string of the molecule is C=C(C)Nc1ccc(CCNCc2ccc(F)cc2F)c(Cl)c1. The summed E-state index contributed by atoms with van der Waals surface area (Å²) >= 11 is 6.25. The van der Waals surface area contributed by atoms with E-state index in [2.05, 4.69) is 17.2 Å². The summed E-state index contributed by atoms with van der Waals surface area (Å²) in [5, 5.41) is 6.91. The fraction of sp³-hybridized carbons (Fsp3) is 0.222. The van der Waals surface area contributed by atoms with Gasteiger partial charge in [-0.3, -0.25) is 0 Å². The molecule has 23 heavy (non-hydrogen) atoms. The van der Waals surface area contributed by atoms with Crippen molar-refractivity contribution in [2.75, 3.05) is 11.9 Å². The van der Waals surface area contributed by atoms with Gasteiger partial charge in [-0.1, -0.05) is 30.3 Å². The molecule has 0 atom stereocenters. The second kappa shape index (κ2) is 8.09. The number of hydrogen-bond acceptors (Lipinski definition) is 2. The number of nitrogens with one attached hydrogen (secondary N) is 2. The van der Waals surface area contributed by atoms with Gasteiger partial charge in [-0.15, -0.1) is 0 Å². The molecule has 0 heterocycles. The highest BCUT2D eigenvalue weighted by atomic mass is 35.5. The van der Waals surface area contributed by atoms with Crippen LogP contribution in [0.2, 0.25) is 5.02 Å². The first-order valence-corrected chi connectivity index (χ1v) is 7.69. The molecule has 2 nitrogen and oxygen atoms in total. The Kier molecular flexibility index (Phi) is 6.13. The van der Waals surface area contributed by atoms with Gasteiger partial charge < -0.3 is 10.6 Å². The first kappa shape index (κ1) is 17.4. The quantitative estimate of drug-likeness (QED) is 0.703. The van der Waals surface area contributed by atoms with Crippen LogP contribution in [0, 0.1) is 11.6 Å². The smallest absolute Gasteiger partial charge is 0.130 e. The molecule has 2 aromatic carbocycles. The number of rotatable bonds is 7. The van der Waals surface area contributed by atoms with Crippen LogP contribution in [0.4, 0.5) is 14.5 Å². The van der Waals surface area contributed by atoms with Crippen molar-refractivity contribution in [3.63, 3.8) is 0 Å². The lowest BCUT2D eigenvalue weighted by Crippen LogP contribution is -2.17. The molecule has 0 spiro atoms. The fourth-order valence-electron chi connectivity index (χ4n) is 2.19. The monoisotopic (exact) mass is 336 g/mol. The first-order valence-electron chi connectivity index (χ1n) is 7.31. The zero-order valence-corrected chi connectivity index (χ0v) is 13.7. The Labute approximate surface area is 140 Å². The summed E-state index contributed by atoms with van der Waals surface area (Å²) in [6.07, 6.45) is 0.717. The highest BCUT2D eigenvalue weighted by molar-refractivity contribution is 6.31. The molecule has 0 fully saturated rings. The third kappa shape index (κ3) is 5.34. The summed E-state index contributed by atoms with van der Waals surface area (Å²) in [5.41, 5.74) is 3.19. The average molecular weight is 337 g/mol. The first-order chi connectivity index (χ1) is 11.0. The largest absolute Gasteiger partial charge is 0.360 e. The Morgan fingerprint density at radius 3 is 2.52 bits per heavy atom. The lowest BCUT2D eigenvalue weighted by atomic mass is 10.1. The zero-order valence-electron chi connectivity index (χ0n) is 12.9. The second-order valence-corrected chi connectivity index (χ2v) is 5.78. The van der Waals surface area contributed by atoms with Crippen LogP contribution in [0.1, 0.15) is 18.1 Å². The molecule has 0 aliphatic rings. The van der Waals surface area contributed by atoms with Gasteiger partial charge in [0.25, 0.3) is 0 Å². The summed E-state index contributed by atoms with van der Waals surface area (Å²) in [4.78, 5) is 0. The zero-order chi connectivity index (χ0) is 16.8. The van der Waals surface area contributed by atoms with Crippen molar-refractivity contribution >= 4 is 17.3 Å². The lowest BCUT2D eigenvalue weighted by molar-refractivity contribution is 0.560. The lowest BCUT2D eigenvalue weighted by Gasteiger charge is -2.10. The Bertz CT molecular complexity index is 701. The summed E-state index contributed by atoms with van der Waals surface area (Å²) in [5.74, 6) is -1.10. The highest BCUT2D eigenvalue weighted by Crippen LogP contribution is 2.22. The van der Waals surface area contributed by atoms with E-state index >= 15 is 0 Å². The van der Waals surface area contributed by atoms with Crippen LogP contribution >= 0.6 is 11.6 Å². The molecule has 0 amide bonds. The van der Waals surface area contributed by atoms with E-state index in [0.29, 0.717) is 23.7 Å². The summed E-state index contributed by atoms with van der Waals surface area (Å²) < 4.78 is 26.3. The van der Waals surface area contributed by atoms with Crippen LogP contribution in [-0.2, 0) is 13.0 Å². The van der Waals surface area contributed by atoms with Gasteiger partial charge in [0.15, 0.2) is 0 Å². The summed E-state index contributed by atoms with van der Waals surface area (Å²) in [7, 11) is 0. The fourth-order valence-corrected chi connectivity index (χ4v) is 2.46. The van der Waals surface area contributed by atoms with E-state index in [1.807, 2.05) is 25.1 Å². The molecule has 0 saturated heterocycles. The van der Waals surface area contributed by atoms with E-state index in [1.165, 1.54) is 12.1 Å². The number of halogens is 3. The predicted molar refractivity (Wildman–Crippen MR) is 91.7 cm³/mol. The molecule has 122 valence electrons. The highest BCUT2D eigenvalue weighted by Gasteiger charge is 2.05. The Hall–Kier alpha value is -1.91. The van der Waals surface area contributed by atoms with Gasteiger partial charge in [0.1, 0.15) is 11.6 Å². The van der Waals surface area contributed by atoms with Gasteiger partial charge in [-0.2, -0.15) is 0 Å². The second-order valence-electron chi connectivity index (χ2n) is 5.37. The van der Waals surface area contributed by atoms with Crippen LogP contribution < -0.4 is 10.6 Å². The molecule has 0 aromatic heterocycles. The molecule has 0 radical (unpaired) electrons. The molecule has 2 N–H and O–H groups in total. The Morgan fingerprint density at radius 2 is 1.87 bits per heavy atom. The molecule has 0 saturated carbocycles. The van der Waals surface area contributed by atoms with Crippen molar-refractivity contribution in [3.05, 3.63) is 76.5 Å². The maximum absolute atomic E-state index is 13.5. The van der Waals surface area contributed by atoms with E-state index in [0.717, 1.165) is 29.4 Å². The van der Waals surface area contributed by atoms with Gasteiger partial charge in [0, 0.05) is 34.6 Å². The molecule has 2 rings (SSSR count). The van der Waals surface area contributed by atoms with Gasteiger partial charge in [-0.05, 0) is 43.7 Å². The summed E-state index contributed by atoms with van der Waals surface area (Å²) in [6.45, 7) is 6.65. The average Bonchev–Trinajstić information content (AvgIpc) is 2.46. The van der Waals surface area contributed by atoms with Crippen LogP contribution in [0.3, 0.4) is 0 Å². The minimum absolute atomic E-state index is 0.346. The molecule has 0 aliphatic heterocycles. The maximum atomic E-state index is 13.5. The molecule has 0 unspecified atom stereocenters. The minimum atomic E-state index is -0.568. The van der Waals surface area contributed by atoms with Crippen molar-refractivity contribution in [2.24, 2.45) is 0 Å². The van der Waals surface area contributed by atoms with Crippen molar-refractivity contribution in [1.29, 1.82) is 0 Å². The van der Waals surface area contributed by atoms with E-state index in [4.69, 9.17) is 11.6 Å². The van der Waals surface area contributed by atoms with E-state index in [1.54, 1.807) is 0 Å². The number of allylic oxidation sites excluding steroid dienone is 1. The van der Waals surface area contributed by atoms with Crippen molar-refractivity contribution < 1.29 is 8.78 Å². The standard InChI is InChI=1S/C18H19ClF2N2/c1-12(2)23-16-6-4-13(17(19)10-16)7-8-22-11-14-3-5-15(20)9-18(14)21/h3-6,9-10,22-23H,1,7-8,11H2,2H3. The van der Waals surface area contributed by atoms with Crippen LogP contribution in [0.15, 0.2) is 48.7 Å². The van der Waals surface area contributed by atoms with E-state index < -0.39 is 11.6 Å². The number of anilines is 1. The van der Waals surface area contributed by atoms with Crippen LogP contribution in [0.5, 0.6) is 0 Å². The van der Waals surface area contributed by atoms with Gasteiger partial charge in [0.05, 0.1) is 0 Å². The third-order valence-corrected chi connectivity index (χ3v) is 3.66. The number of benzene rings is 2. The Balaban J connectivity index is 1.85. The van der Waals surface area contributed by atoms with Crippen molar-refractivity contribution in [3.8, 4) is 0 Å². The van der Waals surface area contributed by atoms with Gasteiger partial charge in [0.2, 0.25) is 0 Å². The Morgan fingerprint density at radius 1 is 1.13 bits per heavy atom. The molecule has 0 aliphatic carbocycles. The predicted octanol–water partition coefficient (Wildman–Crippen LogP) is 4.90. The molecular formula is C18H19ClF2N2. The molecule has 0 bridgehead atoms. The van der Waals surface area contributed by atoms with Crippen LogP contribution in [-0.4, -0.2) is 6.54 Å².